The van der Waals surface area contributed by atoms with Crippen molar-refractivity contribution in [3.63, 3.8) is 0 Å². The van der Waals surface area contributed by atoms with Crippen LogP contribution in [-0.2, 0) is 0 Å². The standard InChI is InChI=1S/C7H11NO.C2H6/c1-6(5-8)3-4-7(2)9;1-2/h3-4,9H,1-2,5,8H2;1-2H3/b4-3-;. The van der Waals surface area contributed by atoms with Gasteiger partial charge in [0.1, 0.15) is 5.76 Å². The first-order valence-corrected chi connectivity index (χ1v) is 3.60. The number of rotatable bonds is 3. The first-order valence-electron chi connectivity index (χ1n) is 3.60. The van der Waals surface area contributed by atoms with E-state index in [4.69, 9.17) is 10.8 Å². The van der Waals surface area contributed by atoms with Crippen molar-refractivity contribution in [2.75, 3.05) is 6.54 Å². The fourth-order valence-corrected chi connectivity index (χ4v) is 0.282. The molecule has 0 radical (unpaired) electrons. The Morgan fingerprint density at radius 2 is 1.82 bits per heavy atom. The van der Waals surface area contributed by atoms with E-state index in [0.717, 1.165) is 5.57 Å². The van der Waals surface area contributed by atoms with Crippen LogP contribution in [0.1, 0.15) is 13.8 Å². The van der Waals surface area contributed by atoms with Crippen LogP contribution in [0.25, 0.3) is 0 Å². The lowest BCUT2D eigenvalue weighted by atomic mass is 10.3. The summed E-state index contributed by atoms with van der Waals surface area (Å²) in [5.41, 5.74) is 5.96. The Labute approximate surface area is 68.7 Å². The summed E-state index contributed by atoms with van der Waals surface area (Å²) in [6.07, 6.45) is 3.08. The molecule has 3 N–H and O–H groups in total. The molecule has 0 aromatic carbocycles. The number of aliphatic hydroxyl groups is 1. The maximum atomic E-state index is 8.53. The Morgan fingerprint density at radius 3 is 2.09 bits per heavy atom. The molecule has 0 aromatic rings. The molecular weight excluding hydrogens is 138 g/mol. The maximum Gasteiger partial charge on any atom is 0.108 e. The van der Waals surface area contributed by atoms with Crippen LogP contribution in [0.15, 0.2) is 36.6 Å². The van der Waals surface area contributed by atoms with Gasteiger partial charge in [0.05, 0.1) is 0 Å². The zero-order chi connectivity index (χ0) is 9.28. The van der Waals surface area contributed by atoms with Crippen molar-refractivity contribution in [1.29, 1.82) is 0 Å². The zero-order valence-corrected chi connectivity index (χ0v) is 7.30. The highest BCUT2D eigenvalue weighted by Crippen LogP contribution is 1.91. The van der Waals surface area contributed by atoms with Gasteiger partial charge in [-0.15, -0.1) is 0 Å². The van der Waals surface area contributed by atoms with Crippen LogP contribution in [-0.4, -0.2) is 11.7 Å². The number of nitrogens with two attached hydrogens (primary N) is 1. The predicted octanol–water partition coefficient (Wildman–Crippen LogP) is 2.16. The van der Waals surface area contributed by atoms with Crippen molar-refractivity contribution in [2.24, 2.45) is 5.73 Å². The van der Waals surface area contributed by atoms with E-state index < -0.39 is 0 Å². The SMILES string of the molecule is C=C(O)/C=C\C(=C)CN.CC. The summed E-state index contributed by atoms with van der Waals surface area (Å²) in [4.78, 5) is 0. The van der Waals surface area contributed by atoms with Crippen LogP contribution in [0.5, 0.6) is 0 Å². The minimum Gasteiger partial charge on any atom is -0.509 e. The van der Waals surface area contributed by atoms with Gasteiger partial charge < -0.3 is 10.8 Å². The van der Waals surface area contributed by atoms with Crippen LogP contribution in [0, 0.1) is 0 Å². The van der Waals surface area contributed by atoms with E-state index in [9.17, 15) is 0 Å². The van der Waals surface area contributed by atoms with E-state index in [-0.39, 0.29) is 5.76 Å². The summed E-state index contributed by atoms with van der Waals surface area (Å²) in [6, 6.07) is 0. The molecule has 2 heteroatoms. The van der Waals surface area contributed by atoms with Crippen LogP contribution in [0.4, 0.5) is 0 Å². The van der Waals surface area contributed by atoms with Gasteiger partial charge in [-0.05, 0) is 11.6 Å². The fraction of sp³-hybridized carbons (Fsp3) is 0.333. The van der Waals surface area contributed by atoms with Crippen LogP contribution < -0.4 is 5.73 Å². The first-order chi connectivity index (χ1) is 5.16. The Bertz CT molecular complexity index is 148. The van der Waals surface area contributed by atoms with Gasteiger partial charge in [0.25, 0.3) is 0 Å². The molecule has 0 spiro atoms. The molecule has 0 unspecified atom stereocenters. The van der Waals surface area contributed by atoms with E-state index in [1.807, 2.05) is 13.8 Å². The Balaban J connectivity index is 0. The van der Waals surface area contributed by atoms with Gasteiger partial charge in [0.2, 0.25) is 0 Å². The molecule has 0 heterocycles. The molecule has 0 amide bonds. The van der Waals surface area contributed by atoms with Crippen molar-refractivity contribution >= 4 is 0 Å². The van der Waals surface area contributed by atoms with Gasteiger partial charge >= 0.3 is 0 Å². The Morgan fingerprint density at radius 1 is 1.36 bits per heavy atom. The van der Waals surface area contributed by atoms with Gasteiger partial charge in [-0.3, -0.25) is 0 Å². The zero-order valence-electron chi connectivity index (χ0n) is 7.30. The van der Waals surface area contributed by atoms with Crippen LogP contribution in [0.3, 0.4) is 0 Å². The molecule has 0 fully saturated rings. The summed E-state index contributed by atoms with van der Waals surface area (Å²) >= 11 is 0. The van der Waals surface area contributed by atoms with Crippen molar-refractivity contribution in [2.45, 2.75) is 13.8 Å². The van der Waals surface area contributed by atoms with Crippen molar-refractivity contribution in [3.05, 3.63) is 36.6 Å². The normalized spacial score (nSPS) is 8.64. The van der Waals surface area contributed by atoms with E-state index in [1.54, 1.807) is 6.08 Å². The quantitative estimate of drug-likeness (QED) is 0.484. The minimum atomic E-state index is 0.0181. The topological polar surface area (TPSA) is 46.2 Å². The highest BCUT2D eigenvalue weighted by Gasteiger charge is 1.80. The Kier molecular flexibility index (Phi) is 10.3. The lowest BCUT2D eigenvalue weighted by Crippen LogP contribution is -1.98. The molecule has 0 rings (SSSR count). The average Bonchev–Trinajstić information content (AvgIpc) is 2.04. The highest BCUT2D eigenvalue weighted by atomic mass is 16.3. The monoisotopic (exact) mass is 155 g/mol. The molecule has 0 atom stereocenters. The first kappa shape index (κ1) is 12.6. The van der Waals surface area contributed by atoms with E-state index in [0.29, 0.717) is 6.54 Å². The third-order valence-corrected chi connectivity index (χ3v) is 0.774. The van der Waals surface area contributed by atoms with E-state index in [1.165, 1.54) is 6.08 Å². The number of aliphatic hydroxyl groups excluding tert-OH is 1. The number of hydrogen-bond acceptors (Lipinski definition) is 2. The summed E-state index contributed by atoms with van der Waals surface area (Å²) in [7, 11) is 0. The molecule has 0 saturated carbocycles. The maximum absolute atomic E-state index is 8.53. The van der Waals surface area contributed by atoms with Crippen molar-refractivity contribution < 1.29 is 5.11 Å². The lowest BCUT2D eigenvalue weighted by molar-refractivity contribution is 0.435. The van der Waals surface area contributed by atoms with Gasteiger partial charge in [-0.1, -0.05) is 33.1 Å². The van der Waals surface area contributed by atoms with Crippen molar-refractivity contribution in [3.8, 4) is 0 Å². The molecule has 2 nitrogen and oxygen atoms in total. The molecule has 0 bridgehead atoms. The Hall–Kier alpha value is -1.02. The summed E-state index contributed by atoms with van der Waals surface area (Å²) in [5, 5.41) is 8.53. The van der Waals surface area contributed by atoms with E-state index in [2.05, 4.69) is 13.2 Å². The molecule has 64 valence electrons. The average molecular weight is 155 g/mol. The molecule has 0 aliphatic heterocycles. The lowest BCUT2D eigenvalue weighted by Gasteiger charge is -1.89. The van der Waals surface area contributed by atoms with Crippen LogP contribution >= 0.6 is 0 Å². The third-order valence-electron chi connectivity index (χ3n) is 0.774. The number of allylic oxidation sites excluding steroid dienone is 1. The van der Waals surface area contributed by atoms with Gasteiger partial charge in [-0.25, -0.2) is 0 Å². The molecule has 0 aliphatic carbocycles. The van der Waals surface area contributed by atoms with Crippen molar-refractivity contribution in [1.82, 2.24) is 0 Å². The molecule has 0 saturated heterocycles. The van der Waals surface area contributed by atoms with E-state index >= 15 is 0 Å². The van der Waals surface area contributed by atoms with Gasteiger partial charge in [0, 0.05) is 6.54 Å². The summed E-state index contributed by atoms with van der Waals surface area (Å²) in [6.45, 7) is 11.2. The minimum absolute atomic E-state index is 0.0181. The smallest absolute Gasteiger partial charge is 0.108 e. The fourth-order valence-electron chi connectivity index (χ4n) is 0.282. The summed E-state index contributed by atoms with van der Waals surface area (Å²) in [5.74, 6) is 0.0181. The highest BCUT2D eigenvalue weighted by molar-refractivity contribution is 5.21. The molecule has 0 aliphatic rings. The second-order valence-corrected chi connectivity index (χ2v) is 1.69. The molecule has 11 heavy (non-hydrogen) atoms. The second-order valence-electron chi connectivity index (χ2n) is 1.69. The third kappa shape index (κ3) is 12.2. The molecule has 0 aromatic heterocycles. The molecular formula is C9H17NO. The predicted molar refractivity (Wildman–Crippen MR) is 50.5 cm³/mol. The second kappa shape index (κ2) is 8.98. The summed E-state index contributed by atoms with van der Waals surface area (Å²) < 4.78 is 0. The van der Waals surface area contributed by atoms with Gasteiger partial charge in [0.15, 0.2) is 0 Å². The van der Waals surface area contributed by atoms with Gasteiger partial charge in [-0.2, -0.15) is 0 Å². The number of hydrogen-bond donors (Lipinski definition) is 2. The largest absolute Gasteiger partial charge is 0.509 e. The van der Waals surface area contributed by atoms with Crippen LogP contribution in [0.2, 0.25) is 0 Å².